The number of hydrogen-bond donors (Lipinski definition) is 1. The molecule has 1 heterocycles. The first-order valence-electron chi connectivity index (χ1n) is 7.21. The molecule has 2 fully saturated rings. The maximum absolute atomic E-state index is 3.51. The zero-order valence-corrected chi connectivity index (χ0v) is 11.0. The molecular weight excluding hydrogens is 196 g/mol. The van der Waals surface area contributed by atoms with Crippen molar-refractivity contribution in [3.8, 4) is 0 Å². The molecule has 2 atom stereocenters. The van der Waals surface area contributed by atoms with Gasteiger partial charge in [-0.3, -0.25) is 0 Å². The van der Waals surface area contributed by atoms with Gasteiger partial charge in [0.05, 0.1) is 0 Å². The molecule has 0 spiro atoms. The van der Waals surface area contributed by atoms with Crippen molar-refractivity contribution in [2.45, 2.75) is 64.0 Å². The van der Waals surface area contributed by atoms with E-state index >= 15 is 0 Å². The third-order valence-electron chi connectivity index (χ3n) is 4.85. The van der Waals surface area contributed by atoms with E-state index in [-0.39, 0.29) is 0 Å². The average molecular weight is 224 g/mol. The maximum Gasteiger partial charge on any atom is 0.0108 e. The van der Waals surface area contributed by atoms with E-state index in [1.54, 1.807) is 0 Å². The predicted molar refractivity (Wildman–Crippen MR) is 69.7 cm³/mol. The number of nitrogens with one attached hydrogen (secondary N) is 1. The summed E-state index contributed by atoms with van der Waals surface area (Å²) in [5, 5.41) is 3.51. The van der Waals surface area contributed by atoms with Crippen molar-refractivity contribution in [3.63, 3.8) is 0 Å². The van der Waals surface area contributed by atoms with Gasteiger partial charge in [0.1, 0.15) is 0 Å². The molecule has 0 aromatic heterocycles. The summed E-state index contributed by atoms with van der Waals surface area (Å²) >= 11 is 0. The second-order valence-corrected chi connectivity index (χ2v) is 5.79. The van der Waals surface area contributed by atoms with E-state index in [4.69, 9.17) is 0 Å². The van der Waals surface area contributed by atoms with E-state index in [2.05, 4.69) is 24.2 Å². The lowest BCUT2D eigenvalue weighted by atomic mass is 9.95. The van der Waals surface area contributed by atoms with Crippen LogP contribution in [0.5, 0.6) is 0 Å². The Hall–Kier alpha value is -0.0800. The molecular formula is C14H28N2. The minimum absolute atomic E-state index is 0.797. The SMILES string of the molecule is CC(C1CCCC1)N(C)C1CCCNCC1. The number of hydrogen-bond acceptors (Lipinski definition) is 2. The van der Waals surface area contributed by atoms with Gasteiger partial charge in [0.25, 0.3) is 0 Å². The topological polar surface area (TPSA) is 15.3 Å². The van der Waals surface area contributed by atoms with Gasteiger partial charge in [-0.15, -0.1) is 0 Å². The van der Waals surface area contributed by atoms with Crippen LogP contribution in [0.15, 0.2) is 0 Å². The Morgan fingerprint density at radius 1 is 1.00 bits per heavy atom. The molecule has 1 aliphatic heterocycles. The first-order valence-corrected chi connectivity index (χ1v) is 7.21. The molecule has 0 aromatic rings. The molecule has 2 rings (SSSR count). The van der Waals surface area contributed by atoms with Gasteiger partial charge in [-0.05, 0) is 65.1 Å². The lowest BCUT2D eigenvalue weighted by molar-refractivity contribution is 0.127. The molecule has 2 aliphatic rings. The van der Waals surface area contributed by atoms with Crippen LogP contribution in [0.3, 0.4) is 0 Å². The molecule has 0 aromatic carbocycles. The van der Waals surface area contributed by atoms with E-state index in [9.17, 15) is 0 Å². The fraction of sp³-hybridized carbons (Fsp3) is 1.00. The van der Waals surface area contributed by atoms with Crippen LogP contribution < -0.4 is 5.32 Å². The molecule has 0 radical (unpaired) electrons. The zero-order chi connectivity index (χ0) is 11.4. The molecule has 1 saturated carbocycles. The van der Waals surface area contributed by atoms with Crippen molar-refractivity contribution in [1.29, 1.82) is 0 Å². The molecule has 94 valence electrons. The molecule has 1 N–H and O–H groups in total. The molecule has 1 aliphatic carbocycles. The van der Waals surface area contributed by atoms with E-state index in [1.807, 2.05) is 0 Å². The summed E-state index contributed by atoms with van der Waals surface area (Å²) in [6.07, 6.45) is 9.96. The summed E-state index contributed by atoms with van der Waals surface area (Å²) in [5.74, 6) is 0.973. The van der Waals surface area contributed by atoms with Gasteiger partial charge < -0.3 is 10.2 Å². The average Bonchev–Trinajstić information content (AvgIpc) is 2.70. The van der Waals surface area contributed by atoms with Crippen LogP contribution in [0, 0.1) is 5.92 Å². The number of nitrogens with zero attached hydrogens (tertiary/aromatic N) is 1. The lowest BCUT2D eigenvalue weighted by Crippen LogP contribution is -2.42. The normalized spacial score (nSPS) is 30.6. The third-order valence-corrected chi connectivity index (χ3v) is 4.85. The maximum atomic E-state index is 3.51. The molecule has 1 saturated heterocycles. The molecule has 2 unspecified atom stereocenters. The molecule has 0 amide bonds. The van der Waals surface area contributed by atoms with E-state index in [0.717, 1.165) is 18.0 Å². The minimum atomic E-state index is 0.797. The van der Waals surface area contributed by atoms with E-state index in [0.29, 0.717) is 0 Å². The Labute approximate surface area is 101 Å². The summed E-state index contributed by atoms with van der Waals surface area (Å²) in [6.45, 7) is 4.89. The van der Waals surface area contributed by atoms with E-state index in [1.165, 1.54) is 58.0 Å². The Balaban J connectivity index is 1.86. The van der Waals surface area contributed by atoms with Crippen LogP contribution in [0.4, 0.5) is 0 Å². The first-order chi connectivity index (χ1) is 7.79. The standard InChI is InChI=1S/C14H28N2/c1-12(13-6-3-4-7-13)16(2)14-8-5-10-15-11-9-14/h12-15H,3-11H2,1-2H3. The summed E-state index contributed by atoms with van der Waals surface area (Å²) in [4.78, 5) is 2.68. The van der Waals surface area contributed by atoms with Crippen molar-refractivity contribution >= 4 is 0 Å². The van der Waals surface area contributed by atoms with Gasteiger partial charge in [-0.25, -0.2) is 0 Å². The highest BCUT2D eigenvalue weighted by molar-refractivity contribution is 4.83. The molecule has 0 bridgehead atoms. The summed E-state index contributed by atoms with van der Waals surface area (Å²) < 4.78 is 0. The highest BCUT2D eigenvalue weighted by atomic mass is 15.2. The van der Waals surface area contributed by atoms with Gasteiger partial charge in [0.2, 0.25) is 0 Å². The van der Waals surface area contributed by atoms with Crippen LogP contribution in [-0.4, -0.2) is 37.1 Å². The van der Waals surface area contributed by atoms with Gasteiger partial charge in [-0.1, -0.05) is 12.8 Å². The van der Waals surface area contributed by atoms with Crippen LogP contribution >= 0.6 is 0 Å². The number of rotatable bonds is 3. The smallest absolute Gasteiger partial charge is 0.0108 e. The fourth-order valence-corrected chi connectivity index (χ4v) is 3.51. The molecule has 16 heavy (non-hydrogen) atoms. The quantitative estimate of drug-likeness (QED) is 0.793. The molecule has 2 heteroatoms. The van der Waals surface area contributed by atoms with Crippen LogP contribution in [0.2, 0.25) is 0 Å². The second kappa shape index (κ2) is 6.02. The lowest BCUT2D eigenvalue weighted by Gasteiger charge is -2.36. The Kier molecular flexibility index (Phi) is 4.66. The van der Waals surface area contributed by atoms with E-state index < -0.39 is 0 Å². The Bertz CT molecular complexity index is 189. The fourth-order valence-electron chi connectivity index (χ4n) is 3.51. The second-order valence-electron chi connectivity index (χ2n) is 5.79. The van der Waals surface area contributed by atoms with Gasteiger partial charge in [0.15, 0.2) is 0 Å². The van der Waals surface area contributed by atoms with Gasteiger partial charge in [-0.2, -0.15) is 0 Å². The largest absolute Gasteiger partial charge is 0.317 e. The molecule has 2 nitrogen and oxygen atoms in total. The van der Waals surface area contributed by atoms with Crippen molar-refractivity contribution in [2.24, 2.45) is 5.92 Å². The van der Waals surface area contributed by atoms with Gasteiger partial charge in [0, 0.05) is 12.1 Å². The third kappa shape index (κ3) is 2.98. The summed E-state index contributed by atoms with van der Waals surface area (Å²) in [6, 6.07) is 1.62. The van der Waals surface area contributed by atoms with Crippen LogP contribution in [-0.2, 0) is 0 Å². The van der Waals surface area contributed by atoms with Crippen molar-refractivity contribution in [1.82, 2.24) is 10.2 Å². The predicted octanol–water partition coefficient (Wildman–Crippen LogP) is 2.64. The Morgan fingerprint density at radius 3 is 2.50 bits per heavy atom. The minimum Gasteiger partial charge on any atom is -0.317 e. The van der Waals surface area contributed by atoms with Gasteiger partial charge >= 0.3 is 0 Å². The monoisotopic (exact) mass is 224 g/mol. The van der Waals surface area contributed by atoms with Crippen molar-refractivity contribution in [3.05, 3.63) is 0 Å². The first kappa shape index (κ1) is 12.4. The van der Waals surface area contributed by atoms with Crippen molar-refractivity contribution < 1.29 is 0 Å². The van der Waals surface area contributed by atoms with Crippen LogP contribution in [0.25, 0.3) is 0 Å². The zero-order valence-electron chi connectivity index (χ0n) is 11.0. The Morgan fingerprint density at radius 2 is 1.75 bits per heavy atom. The van der Waals surface area contributed by atoms with Crippen LogP contribution in [0.1, 0.15) is 51.9 Å². The van der Waals surface area contributed by atoms with Crippen molar-refractivity contribution in [2.75, 3.05) is 20.1 Å². The highest BCUT2D eigenvalue weighted by Crippen LogP contribution is 2.31. The summed E-state index contributed by atoms with van der Waals surface area (Å²) in [5.41, 5.74) is 0. The summed E-state index contributed by atoms with van der Waals surface area (Å²) in [7, 11) is 2.36. The highest BCUT2D eigenvalue weighted by Gasteiger charge is 2.28.